The highest BCUT2D eigenvalue weighted by Gasteiger charge is 2.11. The summed E-state index contributed by atoms with van der Waals surface area (Å²) in [6.07, 6.45) is 6.27. The van der Waals surface area contributed by atoms with Gasteiger partial charge in [0.15, 0.2) is 0 Å². The molecule has 0 aromatic heterocycles. The van der Waals surface area contributed by atoms with Crippen LogP contribution in [0.5, 0.6) is 0 Å². The molecule has 5 nitrogen and oxygen atoms in total. The number of aldehydes is 1. The molecule has 1 aromatic carbocycles. The number of benzene rings is 1. The molecule has 0 spiro atoms. The van der Waals surface area contributed by atoms with E-state index in [4.69, 9.17) is 0 Å². The van der Waals surface area contributed by atoms with E-state index >= 15 is 0 Å². The summed E-state index contributed by atoms with van der Waals surface area (Å²) in [6, 6.07) is 9.25. The van der Waals surface area contributed by atoms with Gasteiger partial charge >= 0.3 is 0 Å². The van der Waals surface area contributed by atoms with Crippen LogP contribution in [0.25, 0.3) is 6.08 Å². The molecule has 0 unspecified atom stereocenters. The molecule has 2 amide bonds. The van der Waals surface area contributed by atoms with Crippen LogP contribution in [0.1, 0.15) is 12.5 Å². The van der Waals surface area contributed by atoms with Crippen LogP contribution in [0.3, 0.4) is 0 Å². The van der Waals surface area contributed by atoms with Gasteiger partial charge in [-0.05, 0) is 18.6 Å². The number of hydrogen-bond donors (Lipinski definition) is 1. The van der Waals surface area contributed by atoms with Gasteiger partial charge < -0.3 is 4.79 Å². The molecular weight excluding hydrogens is 256 g/mol. The van der Waals surface area contributed by atoms with Crippen molar-refractivity contribution in [2.24, 2.45) is 0 Å². The molecule has 0 aliphatic carbocycles. The van der Waals surface area contributed by atoms with Gasteiger partial charge in [-0.25, -0.2) is 5.01 Å². The summed E-state index contributed by atoms with van der Waals surface area (Å²) in [5, 5.41) is 0.953. The van der Waals surface area contributed by atoms with Crippen LogP contribution in [0.15, 0.2) is 48.6 Å². The number of allylic oxidation sites excluding steroid dienone is 1. The third kappa shape index (κ3) is 5.30. The summed E-state index contributed by atoms with van der Waals surface area (Å²) in [7, 11) is 0. The molecule has 1 N–H and O–H groups in total. The summed E-state index contributed by atoms with van der Waals surface area (Å²) in [5.41, 5.74) is 3.18. The number of nitrogens with zero attached hydrogens (tertiary/aromatic N) is 1. The van der Waals surface area contributed by atoms with Crippen molar-refractivity contribution in [3.05, 3.63) is 54.1 Å². The van der Waals surface area contributed by atoms with Crippen LogP contribution in [-0.4, -0.2) is 29.7 Å². The van der Waals surface area contributed by atoms with Crippen molar-refractivity contribution in [2.45, 2.75) is 6.92 Å². The van der Waals surface area contributed by atoms with Crippen molar-refractivity contribution in [3.63, 3.8) is 0 Å². The molecule has 0 aliphatic heterocycles. The molecule has 1 rings (SSSR count). The van der Waals surface area contributed by atoms with E-state index < -0.39 is 11.8 Å². The molecule has 0 saturated carbocycles. The standard InChI is InChI=1S/C15H16N2O3/c1-2-6-14(19)16-17(11-12-18)15(20)10-9-13-7-4-3-5-8-13/h2-10,12H,11H2,1H3,(H,16,19)/b6-2+,10-9?. The van der Waals surface area contributed by atoms with E-state index in [2.05, 4.69) is 5.43 Å². The van der Waals surface area contributed by atoms with Crippen molar-refractivity contribution in [2.75, 3.05) is 6.54 Å². The molecule has 0 atom stereocenters. The predicted molar refractivity (Wildman–Crippen MR) is 76.2 cm³/mol. The highest BCUT2D eigenvalue weighted by Crippen LogP contribution is 2.01. The van der Waals surface area contributed by atoms with E-state index in [0.29, 0.717) is 6.29 Å². The molecule has 20 heavy (non-hydrogen) atoms. The number of carbonyl (C=O) groups excluding carboxylic acids is 3. The van der Waals surface area contributed by atoms with Gasteiger partial charge in [0, 0.05) is 12.2 Å². The number of amides is 2. The number of carbonyl (C=O) groups is 3. The van der Waals surface area contributed by atoms with E-state index in [-0.39, 0.29) is 6.54 Å². The molecule has 0 saturated heterocycles. The van der Waals surface area contributed by atoms with E-state index in [0.717, 1.165) is 10.6 Å². The first kappa shape index (κ1) is 15.4. The molecule has 0 heterocycles. The largest absolute Gasteiger partial charge is 0.301 e. The van der Waals surface area contributed by atoms with Gasteiger partial charge in [-0.15, -0.1) is 0 Å². The first-order chi connectivity index (χ1) is 9.67. The maximum Gasteiger partial charge on any atom is 0.265 e. The maximum absolute atomic E-state index is 11.9. The van der Waals surface area contributed by atoms with Gasteiger partial charge in [-0.1, -0.05) is 36.4 Å². The average Bonchev–Trinajstić information content (AvgIpc) is 2.45. The first-order valence-electron chi connectivity index (χ1n) is 6.09. The lowest BCUT2D eigenvalue weighted by molar-refractivity contribution is -0.137. The Morgan fingerprint density at radius 1 is 1.20 bits per heavy atom. The number of rotatable bonds is 5. The van der Waals surface area contributed by atoms with Crippen molar-refractivity contribution >= 4 is 24.2 Å². The smallest absolute Gasteiger partial charge is 0.265 e. The third-order valence-corrected chi connectivity index (χ3v) is 2.30. The van der Waals surface area contributed by atoms with Gasteiger partial charge in [0.05, 0.1) is 6.54 Å². The average molecular weight is 272 g/mol. The lowest BCUT2D eigenvalue weighted by Gasteiger charge is -2.18. The van der Waals surface area contributed by atoms with Crippen LogP contribution in [0.4, 0.5) is 0 Å². The number of hydrazine groups is 1. The number of hydrogen-bond acceptors (Lipinski definition) is 3. The molecule has 5 heteroatoms. The Labute approximate surface area is 117 Å². The van der Waals surface area contributed by atoms with Crippen LogP contribution >= 0.6 is 0 Å². The minimum Gasteiger partial charge on any atom is -0.301 e. The van der Waals surface area contributed by atoms with Crippen LogP contribution in [0.2, 0.25) is 0 Å². The minimum absolute atomic E-state index is 0.207. The summed E-state index contributed by atoms with van der Waals surface area (Å²) in [4.78, 5) is 33.8. The zero-order valence-corrected chi connectivity index (χ0v) is 11.2. The van der Waals surface area contributed by atoms with Crippen LogP contribution in [0, 0.1) is 0 Å². The Hall–Kier alpha value is -2.69. The van der Waals surface area contributed by atoms with Gasteiger partial charge in [0.25, 0.3) is 11.8 Å². The minimum atomic E-state index is -0.473. The lowest BCUT2D eigenvalue weighted by Crippen LogP contribution is -2.45. The lowest BCUT2D eigenvalue weighted by atomic mass is 10.2. The maximum atomic E-state index is 11.9. The number of nitrogens with one attached hydrogen (secondary N) is 1. The molecule has 0 bridgehead atoms. The highest BCUT2D eigenvalue weighted by atomic mass is 16.2. The van der Waals surface area contributed by atoms with Gasteiger partial charge in [-0.3, -0.25) is 15.0 Å². The van der Waals surface area contributed by atoms with Crippen molar-refractivity contribution in [1.82, 2.24) is 10.4 Å². The summed E-state index contributed by atoms with van der Waals surface area (Å²) in [6.45, 7) is 1.47. The fraction of sp³-hybridized carbons (Fsp3) is 0.133. The van der Waals surface area contributed by atoms with E-state index in [1.807, 2.05) is 30.3 Å². The molecular formula is C15H16N2O3. The second kappa shape index (κ2) is 8.42. The molecule has 104 valence electrons. The molecule has 0 radical (unpaired) electrons. The fourth-order valence-corrected chi connectivity index (χ4v) is 1.41. The quantitative estimate of drug-likeness (QED) is 0.499. The van der Waals surface area contributed by atoms with Gasteiger partial charge in [-0.2, -0.15) is 0 Å². The summed E-state index contributed by atoms with van der Waals surface area (Å²) in [5.74, 6) is -0.936. The Morgan fingerprint density at radius 3 is 2.50 bits per heavy atom. The third-order valence-electron chi connectivity index (χ3n) is 2.30. The summed E-state index contributed by atoms with van der Waals surface area (Å²) >= 11 is 0. The molecule has 0 aliphatic rings. The van der Waals surface area contributed by atoms with E-state index in [1.165, 1.54) is 12.2 Å². The normalized spacial score (nSPS) is 10.7. The highest BCUT2D eigenvalue weighted by molar-refractivity contribution is 5.95. The van der Waals surface area contributed by atoms with Gasteiger partial charge in [0.1, 0.15) is 6.29 Å². The Balaban J connectivity index is 2.71. The Kier molecular flexibility index (Phi) is 6.47. The van der Waals surface area contributed by atoms with E-state index in [9.17, 15) is 14.4 Å². The SMILES string of the molecule is C/C=C/C(=O)NN(CC=O)C(=O)C=Cc1ccccc1. The fourth-order valence-electron chi connectivity index (χ4n) is 1.41. The van der Waals surface area contributed by atoms with Crippen molar-refractivity contribution in [1.29, 1.82) is 0 Å². The summed E-state index contributed by atoms with van der Waals surface area (Å²) < 4.78 is 0. The molecule has 1 aromatic rings. The second-order valence-electron chi connectivity index (χ2n) is 3.84. The van der Waals surface area contributed by atoms with Gasteiger partial charge in [0.2, 0.25) is 0 Å². The Morgan fingerprint density at radius 2 is 1.90 bits per heavy atom. The van der Waals surface area contributed by atoms with Crippen molar-refractivity contribution in [3.8, 4) is 0 Å². The van der Waals surface area contributed by atoms with E-state index in [1.54, 1.807) is 19.1 Å². The topological polar surface area (TPSA) is 66.5 Å². The Bertz CT molecular complexity index is 521. The van der Waals surface area contributed by atoms with Crippen LogP contribution in [-0.2, 0) is 14.4 Å². The van der Waals surface area contributed by atoms with Crippen molar-refractivity contribution < 1.29 is 14.4 Å². The second-order valence-corrected chi connectivity index (χ2v) is 3.84. The molecule has 0 fully saturated rings. The first-order valence-corrected chi connectivity index (χ1v) is 6.09. The monoisotopic (exact) mass is 272 g/mol. The zero-order valence-electron chi connectivity index (χ0n) is 11.2. The van der Waals surface area contributed by atoms with Crippen LogP contribution < -0.4 is 5.43 Å². The predicted octanol–water partition coefficient (Wildman–Crippen LogP) is 1.33. The zero-order chi connectivity index (χ0) is 14.8.